The van der Waals surface area contributed by atoms with Crippen molar-refractivity contribution in [2.45, 2.75) is 31.6 Å². The van der Waals surface area contributed by atoms with Crippen molar-refractivity contribution in [1.29, 1.82) is 0 Å². The van der Waals surface area contributed by atoms with Crippen molar-refractivity contribution in [3.8, 4) is 0 Å². The van der Waals surface area contributed by atoms with E-state index in [0.717, 1.165) is 11.1 Å². The lowest BCUT2D eigenvalue weighted by molar-refractivity contribution is 0.0730. The van der Waals surface area contributed by atoms with Gasteiger partial charge in [-0.15, -0.1) is 0 Å². The standard InChI is InChI=1S/C21H26N2O3S/c1-16(2)19-7-5-18(6-8-19)15-22-20-9-4-17(3)14-21(20)27(24,25)23-10-12-26-13-11-23/h4-9,14-16H,10-13H2,1-3H3. The number of morpholine rings is 1. The Hall–Kier alpha value is -2.02. The van der Waals surface area contributed by atoms with Crippen LogP contribution in [0.4, 0.5) is 5.69 Å². The molecule has 2 aromatic rings. The molecule has 27 heavy (non-hydrogen) atoms. The molecule has 1 aliphatic heterocycles. The molecule has 1 fully saturated rings. The summed E-state index contributed by atoms with van der Waals surface area (Å²) in [7, 11) is -3.60. The van der Waals surface area contributed by atoms with Crippen LogP contribution in [0.3, 0.4) is 0 Å². The van der Waals surface area contributed by atoms with Crippen LogP contribution >= 0.6 is 0 Å². The highest BCUT2D eigenvalue weighted by Gasteiger charge is 2.28. The molecule has 0 saturated carbocycles. The summed E-state index contributed by atoms with van der Waals surface area (Å²) in [6, 6.07) is 13.5. The van der Waals surface area contributed by atoms with Gasteiger partial charge in [0.2, 0.25) is 10.0 Å². The molecule has 0 bridgehead atoms. The second-order valence-electron chi connectivity index (χ2n) is 7.07. The second-order valence-corrected chi connectivity index (χ2v) is 8.97. The molecule has 1 aliphatic rings. The summed E-state index contributed by atoms with van der Waals surface area (Å²) in [6.45, 7) is 7.77. The third-order valence-electron chi connectivity index (χ3n) is 4.66. The minimum atomic E-state index is -3.60. The maximum Gasteiger partial charge on any atom is 0.245 e. The van der Waals surface area contributed by atoms with Gasteiger partial charge in [-0.25, -0.2) is 8.42 Å². The van der Waals surface area contributed by atoms with E-state index in [0.29, 0.717) is 37.9 Å². The minimum Gasteiger partial charge on any atom is -0.379 e. The van der Waals surface area contributed by atoms with Crippen molar-refractivity contribution in [2.75, 3.05) is 26.3 Å². The number of ether oxygens (including phenoxy) is 1. The van der Waals surface area contributed by atoms with Crippen molar-refractivity contribution in [1.82, 2.24) is 4.31 Å². The first-order chi connectivity index (χ1) is 12.9. The van der Waals surface area contributed by atoms with E-state index in [2.05, 4.69) is 31.0 Å². The zero-order chi connectivity index (χ0) is 19.4. The Kier molecular flexibility index (Phi) is 6.09. The highest BCUT2D eigenvalue weighted by Crippen LogP contribution is 2.29. The Morgan fingerprint density at radius 3 is 2.37 bits per heavy atom. The molecular formula is C21H26N2O3S. The molecule has 3 rings (SSSR count). The van der Waals surface area contributed by atoms with Gasteiger partial charge in [0, 0.05) is 19.3 Å². The number of hydrogen-bond acceptors (Lipinski definition) is 4. The van der Waals surface area contributed by atoms with E-state index in [1.807, 2.05) is 25.1 Å². The van der Waals surface area contributed by atoms with Crippen LogP contribution in [0.15, 0.2) is 52.4 Å². The van der Waals surface area contributed by atoms with Crippen molar-refractivity contribution in [3.63, 3.8) is 0 Å². The average molecular weight is 387 g/mol. The Labute approximate surface area is 161 Å². The summed E-state index contributed by atoms with van der Waals surface area (Å²) >= 11 is 0. The lowest BCUT2D eigenvalue weighted by atomic mass is 10.0. The third-order valence-corrected chi connectivity index (χ3v) is 6.59. The predicted octanol–water partition coefficient (Wildman–Crippen LogP) is 3.89. The van der Waals surface area contributed by atoms with Crippen LogP contribution in [0.25, 0.3) is 0 Å². The van der Waals surface area contributed by atoms with Gasteiger partial charge in [0.05, 0.1) is 18.9 Å². The molecule has 0 N–H and O–H groups in total. The quantitative estimate of drug-likeness (QED) is 0.733. The predicted molar refractivity (Wildman–Crippen MR) is 109 cm³/mol. The van der Waals surface area contributed by atoms with Crippen LogP contribution in [0.5, 0.6) is 0 Å². The van der Waals surface area contributed by atoms with Crippen molar-refractivity contribution >= 4 is 21.9 Å². The fraction of sp³-hybridized carbons (Fsp3) is 0.381. The summed E-state index contributed by atoms with van der Waals surface area (Å²) < 4.78 is 32.9. The second kappa shape index (κ2) is 8.33. The molecule has 0 aromatic heterocycles. The van der Waals surface area contributed by atoms with Crippen LogP contribution in [-0.2, 0) is 14.8 Å². The lowest BCUT2D eigenvalue weighted by Gasteiger charge is -2.26. The van der Waals surface area contributed by atoms with E-state index in [1.54, 1.807) is 18.3 Å². The molecule has 6 heteroatoms. The van der Waals surface area contributed by atoms with E-state index in [4.69, 9.17) is 4.74 Å². The molecule has 0 atom stereocenters. The molecule has 1 heterocycles. The molecular weight excluding hydrogens is 360 g/mol. The van der Waals surface area contributed by atoms with Crippen molar-refractivity contribution < 1.29 is 13.2 Å². The SMILES string of the molecule is Cc1ccc(N=Cc2ccc(C(C)C)cc2)c(S(=O)(=O)N2CCOCC2)c1. The Morgan fingerprint density at radius 1 is 1.07 bits per heavy atom. The van der Waals surface area contributed by atoms with Crippen LogP contribution in [0.2, 0.25) is 0 Å². The maximum atomic E-state index is 13.1. The van der Waals surface area contributed by atoms with E-state index in [9.17, 15) is 8.42 Å². The molecule has 0 unspecified atom stereocenters. The number of rotatable bonds is 5. The summed E-state index contributed by atoms with van der Waals surface area (Å²) in [5, 5.41) is 0. The van der Waals surface area contributed by atoms with E-state index in [-0.39, 0.29) is 4.90 Å². The van der Waals surface area contributed by atoms with Gasteiger partial charge in [-0.3, -0.25) is 4.99 Å². The Bertz CT molecular complexity index is 913. The number of sulfonamides is 1. The number of benzene rings is 2. The van der Waals surface area contributed by atoms with Gasteiger partial charge in [-0.1, -0.05) is 44.2 Å². The van der Waals surface area contributed by atoms with Crippen LogP contribution in [0, 0.1) is 6.92 Å². The molecule has 2 aromatic carbocycles. The van der Waals surface area contributed by atoms with Crippen LogP contribution in [0.1, 0.15) is 36.5 Å². The fourth-order valence-electron chi connectivity index (χ4n) is 2.97. The highest BCUT2D eigenvalue weighted by molar-refractivity contribution is 7.89. The van der Waals surface area contributed by atoms with Gasteiger partial charge >= 0.3 is 0 Å². The van der Waals surface area contributed by atoms with Gasteiger partial charge in [-0.2, -0.15) is 4.31 Å². The zero-order valence-corrected chi connectivity index (χ0v) is 16.9. The van der Waals surface area contributed by atoms with Gasteiger partial charge in [0.15, 0.2) is 0 Å². The summed E-state index contributed by atoms with van der Waals surface area (Å²) in [6.07, 6.45) is 1.72. The Balaban J connectivity index is 1.92. The first kappa shape index (κ1) is 19.7. The zero-order valence-electron chi connectivity index (χ0n) is 16.1. The first-order valence-corrected chi connectivity index (χ1v) is 10.6. The van der Waals surface area contributed by atoms with Gasteiger partial charge < -0.3 is 4.74 Å². The lowest BCUT2D eigenvalue weighted by Crippen LogP contribution is -2.40. The van der Waals surface area contributed by atoms with E-state index >= 15 is 0 Å². The van der Waals surface area contributed by atoms with Crippen molar-refractivity contribution in [2.24, 2.45) is 4.99 Å². The van der Waals surface area contributed by atoms with Crippen molar-refractivity contribution in [3.05, 3.63) is 59.2 Å². The normalized spacial score (nSPS) is 16.3. The fourth-order valence-corrected chi connectivity index (χ4v) is 4.60. The first-order valence-electron chi connectivity index (χ1n) is 9.20. The molecule has 0 radical (unpaired) electrons. The summed E-state index contributed by atoms with van der Waals surface area (Å²) in [4.78, 5) is 4.74. The number of nitrogens with zero attached hydrogens (tertiary/aromatic N) is 2. The molecule has 5 nitrogen and oxygen atoms in total. The Morgan fingerprint density at radius 2 is 1.74 bits per heavy atom. The summed E-state index contributed by atoms with van der Waals surface area (Å²) in [5.41, 5.74) is 3.55. The smallest absolute Gasteiger partial charge is 0.245 e. The topological polar surface area (TPSA) is 59.0 Å². The van der Waals surface area contributed by atoms with E-state index in [1.165, 1.54) is 9.87 Å². The summed E-state index contributed by atoms with van der Waals surface area (Å²) in [5.74, 6) is 0.471. The molecule has 0 aliphatic carbocycles. The van der Waals surface area contributed by atoms with E-state index < -0.39 is 10.0 Å². The average Bonchev–Trinajstić information content (AvgIpc) is 2.68. The monoisotopic (exact) mass is 386 g/mol. The number of hydrogen-bond donors (Lipinski definition) is 0. The van der Waals surface area contributed by atoms with Crippen LogP contribution in [-0.4, -0.2) is 45.2 Å². The number of aliphatic imine (C=N–C) groups is 1. The minimum absolute atomic E-state index is 0.249. The van der Waals surface area contributed by atoms with Gasteiger partial charge in [-0.05, 0) is 41.7 Å². The molecule has 0 spiro atoms. The van der Waals surface area contributed by atoms with Crippen LogP contribution < -0.4 is 0 Å². The number of aryl methyl sites for hydroxylation is 1. The van der Waals surface area contributed by atoms with Gasteiger partial charge in [0.1, 0.15) is 4.90 Å². The molecule has 144 valence electrons. The third kappa shape index (κ3) is 4.64. The molecule has 0 amide bonds. The highest BCUT2D eigenvalue weighted by atomic mass is 32.2. The van der Waals surface area contributed by atoms with Gasteiger partial charge in [0.25, 0.3) is 0 Å². The molecule has 1 saturated heterocycles. The maximum absolute atomic E-state index is 13.1. The largest absolute Gasteiger partial charge is 0.379 e.